The van der Waals surface area contributed by atoms with Crippen LogP contribution in [0.15, 0.2) is 18.2 Å². The lowest BCUT2D eigenvalue weighted by Crippen LogP contribution is -2.27. The number of rotatable bonds is 3. The van der Waals surface area contributed by atoms with Crippen LogP contribution >= 0.6 is 11.6 Å². The molecule has 0 unspecified atom stereocenters. The fraction of sp³-hybridized carbons (Fsp3) is 0.417. The monoisotopic (exact) mass is 225 g/mol. The van der Waals surface area contributed by atoms with E-state index in [4.69, 9.17) is 11.6 Å². The van der Waals surface area contributed by atoms with Crippen LogP contribution in [0.5, 0.6) is 0 Å². The van der Waals surface area contributed by atoms with Gasteiger partial charge in [-0.3, -0.25) is 4.79 Å². The summed E-state index contributed by atoms with van der Waals surface area (Å²) in [7, 11) is 0. The lowest BCUT2D eigenvalue weighted by molar-refractivity contribution is -0.124. The van der Waals surface area contributed by atoms with Crippen LogP contribution in [-0.2, 0) is 11.3 Å². The highest BCUT2D eigenvalue weighted by atomic mass is 35.5. The van der Waals surface area contributed by atoms with Crippen LogP contribution in [0.25, 0.3) is 0 Å². The summed E-state index contributed by atoms with van der Waals surface area (Å²) < 4.78 is 0. The first-order valence-electron chi connectivity index (χ1n) is 5.03. The van der Waals surface area contributed by atoms with Gasteiger partial charge in [0.05, 0.1) is 0 Å². The van der Waals surface area contributed by atoms with Crippen LogP contribution in [0.3, 0.4) is 0 Å². The zero-order valence-corrected chi connectivity index (χ0v) is 10.1. The fourth-order valence-corrected chi connectivity index (χ4v) is 1.34. The third kappa shape index (κ3) is 3.56. The molecule has 3 heteroatoms. The summed E-state index contributed by atoms with van der Waals surface area (Å²) in [6.45, 7) is 6.24. The second-order valence-corrected chi connectivity index (χ2v) is 4.36. The molecule has 0 atom stereocenters. The molecule has 82 valence electrons. The Morgan fingerprint density at radius 2 is 2.13 bits per heavy atom. The maximum atomic E-state index is 11.3. The van der Waals surface area contributed by atoms with Gasteiger partial charge in [0.15, 0.2) is 0 Å². The highest BCUT2D eigenvalue weighted by Gasteiger charge is 2.06. The molecule has 0 radical (unpaired) electrons. The Morgan fingerprint density at radius 3 is 2.67 bits per heavy atom. The number of aryl methyl sites for hydroxylation is 1. The molecule has 0 aromatic heterocycles. The minimum absolute atomic E-state index is 0.0194. The molecule has 1 aromatic carbocycles. The van der Waals surface area contributed by atoms with Crippen LogP contribution in [0, 0.1) is 12.8 Å². The standard InChI is InChI=1S/C12H16ClNO/c1-8(2)12(15)14-7-10-5-4-9(3)11(13)6-10/h4-6,8H,7H2,1-3H3,(H,14,15). The molecule has 1 N–H and O–H groups in total. The quantitative estimate of drug-likeness (QED) is 0.842. The van der Waals surface area contributed by atoms with E-state index in [1.165, 1.54) is 0 Å². The van der Waals surface area contributed by atoms with Crippen molar-refractivity contribution in [2.45, 2.75) is 27.3 Å². The molecule has 0 aliphatic heterocycles. The molecule has 15 heavy (non-hydrogen) atoms. The lowest BCUT2D eigenvalue weighted by atomic mass is 10.1. The van der Waals surface area contributed by atoms with Crippen molar-refractivity contribution in [3.05, 3.63) is 34.3 Å². The third-order valence-electron chi connectivity index (χ3n) is 2.23. The summed E-state index contributed by atoms with van der Waals surface area (Å²) >= 11 is 5.98. The van der Waals surface area contributed by atoms with Gasteiger partial charge in [-0.15, -0.1) is 0 Å². The van der Waals surface area contributed by atoms with Gasteiger partial charge in [-0.1, -0.05) is 37.6 Å². The molecule has 2 nitrogen and oxygen atoms in total. The molecule has 1 rings (SSSR count). The summed E-state index contributed by atoms with van der Waals surface area (Å²) in [5, 5.41) is 3.59. The van der Waals surface area contributed by atoms with Crippen molar-refractivity contribution in [2.75, 3.05) is 0 Å². The summed E-state index contributed by atoms with van der Waals surface area (Å²) in [4.78, 5) is 11.3. The average Bonchev–Trinajstić information content (AvgIpc) is 2.19. The molecule has 0 aliphatic carbocycles. The van der Waals surface area contributed by atoms with Crippen molar-refractivity contribution >= 4 is 17.5 Å². The first-order valence-corrected chi connectivity index (χ1v) is 5.41. The fourth-order valence-electron chi connectivity index (χ4n) is 1.14. The number of hydrogen-bond acceptors (Lipinski definition) is 1. The number of amides is 1. The van der Waals surface area contributed by atoms with Gasteiger partial charge < -0.3 is 5.32 Å². The summed E-state index contributed by atoms with van der Waals surface area (Å²) in [5.74, 6) is 0.0811. The Balaban J connectivity index is 2.58. The number of nitrogens with one attached hydrogen (secondary N) is 1. The number of carbonyl (C=O) groups excluding carboxylic acids is 1. The minimum atomic E-state index is 0.0194. The number of halogens is 1. The number of benzene rings is 1. The van der Waals surface area contributed by atoms with E-state index in [-0.39, 0.29) is 11.8 Å². The predicted molar refractivity (Wildman–Crippen MR) is 62.9 cm³/mol. The highest BCUT2D eigenvalue weighted by molar-refractivity contribution is 6.31. The Kier molecular flexibility index (Phi) is 4.15. The third-order valence-corrected chi connectivity index (χ3v) is 2.63. The zero-order chi connectivity index (χ0) is 11.4. The van der Waals surface area contributed by atoms with Crippen LogP contribution < -0.4 is 5.32 Å². The molecule has 0 saturated carbocycles. The Morgan fingerprint density at radius 1 is 1.47 bits per heavy atom. The Hall–Kier alpha value is -1.02. The molecule has 1 amide bonds. The van der Waals surface area contributed by atoms with Gasteiger partial charge in [-0.2, -0.15) is 0 Å². The van der Waals surface area contributed by atoms with Gasteiger partial charge in [-0.05, 0) is 24.1 Å². The largest absolute Gasteiger partial charge is 0.352 e. The van der Waals surface area contributed by atoms with E-state index in [0.717, 1.165) is 16.1 Å². The minimum Gasteiger partial charge on any atom is -0.352 e. The second kappa shape index (κ2) is 5.17. The average molecular weight is 226 g/mol. The van der Waals surface area contributed by atoms with Gasteiger partial charge >= 0.3 is 0 Å². The molecule has 0 fully saturated rings. The van der Waals surface area contributed by atoms with E-state index in [2.05, 4.69) is 5.32 Å². The summed E-state index contributed by atoms with van der Waals surface area (Å²) in [6, 6.07) is 5.82. The van der Waals surface area contributed by atoms with E-state index >= 15 is 0 Å². The SMILES string of the molecule is Cc1ccc(CNC(=O)C(C)C)cc1Cl. The molecule has 0 bridgehead atoms. The van der Waals surface area contributed by atoms with E-state index in [1.54, 1.807) is 0 Å². The second-order valence-electron chi connectivity index (χ2n) is 3.96. The highest BCUT2D eigenvalue weighted by Crippen LogP contribution is 2.16. The molecular weight excluding hydrogens is 210 g/mol. The first kappa shape index (κ1) is 12.1. The van der Waals surface area contributed by atoms with Crippen molar-refractivity contribution in [1.29, 1.82) is 0 Å². The summed E-state index contributed by atoms with van der Waals surface area (Å²) in [6.07, 6.45) is 0. The molecule has 0 spiro atoms. The van der Waals surface area contributed by atoms with Gasteiger partial charge in [0.1, 0.15) is 0 Å². The van der Waals surface area contributed by atoms with Gasteiger partial charge in [0.25, 0.3) is 0 Å². The van der Waals surface area contributed by atoms with Crippen molar-refractivity contribution < 1.29 is 4.79 Å². The number of carbonyl (C=O) groups is 1. The van der Waals surface area contributed by atoms with Crippen molar-refractivity contribution in [3.63, 3.8) is 0 Å². The normalized spacial score (nSPS) is 10.5. The maximum absolute atomic E-state index is 11.3. The van der Waals surface area contributed by atoms with Crippen LogP contribution in [0.1, 0.15) is 25.0 Å². The van der Waals surface area contributed by atoms with Crippen LogP contribution in [0.4, 0.5) is 0 Å². The van der Waals surface area contributed by atoms with Crippen LogP contribution in [-0.4, -0.2) is 5.91 Å². The summed E-state index contributed by atoms with van der Waals surface area (Å²) in [5.41, 5.74) is 2.08. The van der Waals surface area contributed by atoms with Crippen molar-refractivity contribution in [1.82, 2.24) is 5.32 Å². The van der Waals surface area contributed by atoms with E-state index in [1.807, 2.05) is 39.0 Å². The van der Waals surface area contributed by atoms with E-state index in [0.29, 0.717) is 6.54 Å². The van der Waals surface area contributed by atoms with Gasteiger partial charge in [0.2, 0.25) is 5.91 Å². The molecule has 1 aromatic rings. The van der Waals surface area contributed by atoms with Crippen LogP contribution in [0.2, 0.25) is 5.02 Å². The Bertz CT molecular complexity index is 361. The van der Waals surface area contributed by atoms with E-state index < -0.39 is 0 Å². The van der Waals surface area contributed by atoms with Gasteiger partial charge in [0, 0.05) is 17.5 Å². The predicted octanol–water partition coefficient (Wildman–Crippen LogP) is 2.92. The van der Waals surface area contributed by atoms with Gasteiger partial charge in [-0.25, -0.2) is 0 Å². The topological polar surface area (TPSA) is 29.1 Å². The first-order chi connectivity index (χ1) is 7.00. The molecular formula is C12H16ClNO. The molecule has 0 heterocycles. The Labute approximate surface area is 95.6 Å². The zero-order valence-electron chi connectivity index (χ0n) is 9.30. The molecule has 0 saturated heterocycles. The maximum Gasteiger partial charge on any atom is 0.222 e. The lowest BCUT2D eigenvalue weighted by Gasteiger charge is -2.08. The van der Waals surface area contributed by atoms with Crippen molar-refractivity contribution in [2.24, 2.45) is 5.92 Å². The van der Waals surface area contributed by atoms with E-state index in [9.17, 15) is 4.79 Å². The smallest absolute Gasteiger partial charge is 0.222 e. The number of hydrogen-bond donors (Lipinski definition) is 1. The molecule has 0 aliphatic rings. The van der Waals surface area contributed by atoms with Crippen molar-refractivity contribution in [3.8, 4) is 0 Å².